The Morgan fingerprint density at radius 1 is 1.38 bits per heavy atom. The van der Waals surface area contributed by atoms with Crippen molar-refractivity contribution in [2.45, 2.75) is 19.8 Å². The second-order valence-electron chi connectivity index (χ2n) is 4.39. The smallest absolute Gasteiger partial charge is 0.125 e. The first-order valence-corrected chi connectivity index (χ1v) is 6.64. The molecule has 0 unspecified atom stereocenters. The molecule has 0 aromatic heterocycles. The summed E-state index contributed by atoms with van der Waals surface area (Å²) < 4.78 is 13.8. The van der Waals surface area contributed by atoms with Crippen molar-refractivity contribution in [3.63, 3.8) is 0 Å². The van der Waals surface area contributed by atoms with Gasteiger partial charge in [-0.3, -0.25) is 0 Å². The summed E-state index contributed by atoms with van der Waals surface area (Å²) in [6, 6.07) is 2.85. The van der Waals surface area contributed by atoms with Crippen molar-refractivity contribution in [1.29, 1.82) is 0 Å². The van der Waals surface area contributed by atoms with Crippen LogP contribution in [0.2, 0.25) is 5.02 Å². The number of anilines is 1. The monoisotopic (exact) mass is 305 g/mol. The Balaban J connectivity index is 2.26. The van der Waals surface area contributed by atoms with Crippen LogP contribution < -0.4 is 4.90 Å². The normalized spacial score (nSPS) is 17.9. The Labute approximate surface area is 109 Å². The van der Waals surface area contributed by atoms with Gasteiger partial charge in [-0.15, -0.1) is 0 Å². The lowest BCUT2D eigenvalue weighted by Gasteiger charge is -2.33. The quantitative estimate of drug-likeness (QED) is 0.739. The van der Waals surface area contributed by atoms with Crippen molar-refractivity contribution in [3.05, 3.63) is 27.4 Å². The van der Waals surface area contributed by atoms with Gasteiger partial charge in [0, 0.05) is 17.6 Å². The Kier molecular flexibility index (Phi) is 3.75. The number of hydrogen-bond donors (Lipinski definition) is 0. The topological polar surface area (TPSA) is 3.24 Å². The lowest BCUT2D eigenvalue weighted by Crippen LogP contribution is -2.33. The summed E-state index contributed by atoms with van der Waals surface area (Å²) in [5, 5.41) is 0.487. The molecule has 0 bridgehead atoms. The molecule has 1 aliphatic heterocycles. The van der Waals surface area contributed by atoms with Gasteiger partial charge in [0.2, 0.25) is 0 Å². The zero-order valence-electron chi connectivity index (χ0n) is 9.14. The number of hydrogen-bond acceptors (Lipinski definition) is 1. The van der Waals surface area contributed by atoms with Crippen LogP contribution in [0, 0.1) is 11.7 Å². The van der Waals surface area contributed by atoms with Gasteiger partial charge in [-0.1, -0.05) is 18.5 Å². The molecule has 1 aliphatic rings. The van der Waals surface area contributed by atoms with Gasteiger partial charge in [-0.2, -0.15) is 0 Å². The highest BCUT2D eigenvalue weighted by Gasteiger charge is 2.20. The molecule has 0 aliphatic carbocycles. The van der Waals surface area contributed by atoms with Gasteiger partial charge in [0.1, 0.15) is 5.82 Å². The predicted octanol–water partition coefficient (Wildman–Crippen LogP) is 4.48. The molecule has 0 saturated carbocycles. The summed E-state index contributed by atoms with van der Waals surface area (Å²) in [5.41, 5.74) is 0.926. The van der Waals surface area contributed by atoms with Crippen LogP contribution in [0.5, 0.6) is 0 Å². The maximum atomic E-state index is 13.1. The van der Waals surface area contributed by atoms with Crippen LogP contribution in [-0.4, -0.2) is 13.1 Å². The standard InChI is InChI=1S/C12H14BrClFN/c1-8-2-4-16(5-3-8)12-10(13)6-9(15)7-11(12)14/h6-8H,2-5H2,1H3. The number of halogens is 3. The summed E-state index contributed by atoms with van der Waals surface area (Å²) in [6.45, 7) is 4.24. The molecule has 0 atom stereocenters. The van der Waals surface area contributed by atoms with Crippen LogP contribution in [0.4, 0.5) is 10.1 Å². The third-order valence-corrected chi connectivity index (χ3v) is 3.97. The van der Waals surface area contributed by atoms with Crippen LogP contribution in [0.3, 0.4) is 0 Å². The molecule has 88 valence electrons. The maximum absolute atomic E-state index is 13.1. The Hall–Kier alpha value is -0.280. The minimum atomic E-state index is -0.300. The predicted molar refractivity (Wildman–Crippen MR) is 69.7 cm³/mol. The van der Waals surface area contributed by atoms with E-state index in [-0.39, 0.29) is 5.82 Å². The van der Waals surface area contributed by atoms with E-state index in [0.717, 1.165) is 29.2 Å². The molecular formula is C12H14BrClFN. The second-order valence-corrected chi connectivity index (χ2v) is 5.65. The Bertz CT molecular complexity index is 366. The first-order chi connectivity index (χ1) is 7.58. The molecular weight excluding hydrogens is 292 g/mol. The van der Waals surface area contributed by atoms with Crippen molar-refractivity contribution in [1.82, 2.24) is 0 Å². The van der Waals surface area contributed by atoms with E-state index in [2.05, 4.69) is 27.8 Å². The summed E-state index contributed by atoms with van der Waals surface area (Å²) in [5.74, 6) is 0.472. The molecule has 1 heterocycles. The highest BCUT2D eigenvalue weighted by atomic mass is 79.9. The van der Waals surface area contributed by atoms with Crippen LogP contribution in [0.1, 0.15) is 19.8 Å². The fourth-order valence-corrected chi connectivity index (χ4v) is 3.19. The van der Waals surface area contributed by atoms with E-state index in [1.165, 1.54) is 25.0 Å². The Morgan fingerprint density at radius 3 is 2.56 bits per heavy atom. The number of nitrogens with zero attached hydrogens (tertiary/aromatic N) is 1. The molecule has 4 heteroatoms. The highest BCUT2D eigenvalue weighted by molar-refractivity contribution is 9.10. The van der Waals surface area contributed by atoms with Crippen molar-refractivity contribution in [2.75, 3.05) is 18.0 Å². The van der Waals surface area contributed by atoms with Crippen LogP contribution in [0.15, 0.2) is 16.6 Å². The molecule has 0 amide bonds. The zero-order valence-corrected chi connectivity index (χ0v) is 11.5. The first-order valence-electron chi connectivity index (χ1n) is 5.47. The minimum Gasteiger partial charge on any atom is -0.369 e. The molecule has 2 rings (SSSR count). The van der Waals surface area contributed by atoms with E-state index < -0.39 is 0 Å². The molecule has 1 saturated heterocycles. The third kappa shape index (κ3) is 2.51. The largest absolute Gasteiger partial charge is 0.369 e. The van der Waals surface area contributed by atoms with Gasteiger partial charge in [-0.25, -0.2) is 4.39 Å². The lowest BCUT2D eigenvalue weighted by molar-refractivity contribution is 0.438. The van der Waals surface area contributed by atoms with E-state index in [1.807, 2.05) is 0 Å². The van der Waals surface area contributed by atoms with Gasteiger partial charge in [-0.05, 0) is 46.8 Å². The summed E-state index contributed by atoms with van der Waals surface area (Å²) in [7, 11) is 0. The van der Waals surface area contributed by atoms with Gasteiger partial charge < -0.3 is 4.90 Å². The van der Waals surface area contributed by atoms with Gasteiger partial charge in [0.25, 0.3) is 0 Å². The maximum Gasteiger partial charge on any atom is 0.125 e. The fraction of sp³-hybridized carbons (Fsp3) is 0.500. The third-order valence-electron chi connectivity index (χ3n) is 3.08. The van der Waals surface area contributed by atoms with Crippen LogP contribution >= 0.6 is 27.5 Å². The number of benzene rings is 1. The van der Waals surface area contributed by atoms with Crippen molar-refractivity contribution in [3.8, 4) is 0 Å². The SMILES string of the molecule is CC1CCN(c2c(Cl)cc(F)cc2Br)CC1. The average molecular weight is 307 g/mol. The Morgan fingerprint density at radius 2 is 2.00 bits per heavy atom. The van der Waals surface area contributed by atoms with Crippen LogP contribution in [-0.2, 0) is 0 Å². The van der Waals surface area contributed by atoms with Crippen LogP contribution in [0.25, 0.3) is 0 Å². The summed E-state index contributed by atoms with van der Waals surface area (Å²) >= 11 is 9.48. The molecule has 1 nitrogen and oxygen atoms in total. The van der Waals surface area contributed by atoms with E-state index in [9.17, 15) is 4.39 Å². The molecule has 1 fully saturated rings. The second kappa shape index (κ2) is 4.92. The van der Waals surface area contributed by atoms with Gasteiger partial charge in [0.05, 0.1) is 10.7 Å². The molecule has 1 aromatic carbocycles. The van der Waals surface area contributed by atoms with E-state index in [4.69, 9.17) is 11.6 Å². The molecule has 0 N–H and O–H groups in total. The number of piperidine rings is 1. The molecule has 16 heavy (non-hydrogen) atoms. The van der Waals surface area contributed by atoms with E-state index >= 15 is 0 Å². The van der Waals surface area contributed by atoms with Gasteiger partial charge >= 0.3 is 0 Å². The highest BCUT2D eigenvalue weighted by Crippen LogP contribution is 2.36. The fourth-order valence-electron chi connectivity index (χ4n) is 2.07. The van der Waals surface area contributed by atoms with Crippen molar-refractivity contribution in [2.24, 2.45) is 5.92 Å². The summed E-state index contributed by atoms with van der Waals surface area (Å²) in [6.07, 6.45) is 2.33. The minimum absolute atomic E-state index is 0.300. The first kappa shape index (κ1) is 12.2. The number of rotatable bonds is 1. The van der Waals surface area contributed by atoms with Crippen molar-refractivity contribution >= 4 is 33.2 Å². The van der Waals surface area contributed by atoms with Crippen molar-refractivity contribution < 1.29 is 4.39 Å². The molecule has 1 aromatic rings. The van der Waals surface area contributed by atoms with E-state index in [0.29, 0.717) is 5.02 Å². The molecule has 0 spiro atoms. The average Bonchev–Trinajstić information content (AvgIpc) is 2.19. The van der Waals surface area contributed by atoms with Gasteiger partial charge in [0.15, 0.2) is 0 Å². The lowest BCUT2D eigenvalue weighted by atomic mass is 9.99. The summed E-state index contributed by atoms with van der Waals surface area (Å²) in [4.78, 5) is 2.23. The molecule has 0 radical (unpaired) electrons. The van der Waals surface area contributed by atoms with E-state index in [1.54, 1.807) is 0 Å². The zero-order chi connectivity index (χ0) is 11.7.